The summed E-state index contributed by atoms with van der Waals surface area (Å²) in [6.07, 6.45) is -2.98. The summed E-state index contributed by atoms with van der Waals surface area (Å²) in [6.45, 7) is 0.627. The molecule has 0 saturated carbocycles. The Morgan fingerprint density at radius 1 is 0.625 bits per heavy atom. The van der Waals surface area contributed by atoms with Gasteiger partial charge >= 0.3 is 0 Å². The largest absolute Gasteiger partial charge is 0.370 e. The van der Waals surface area contributed by atoms with E-state index in [9.17, 15) is 5.53 Å². The van der Waals surface area contributed by atoms with Crippen LogP contribution in [0.2, 0.25) is 0 Å². The van der Waals surface area contributed by atoms with Crippen molar-refractivity contribution in [3.8, 4) is 0 Å². The number of ether oxygens (including phenoxy) is 5. The lowest BCUT2D eigenvalue weighted by atomic mass is 9.80. The summed E-state index contributed by atoms with van der Waals surface area (Å²) in [5.41, 5.74) is 13.7. The van der Waals surface area contributed by atoms with Crippen LogP contribution in [0, 0.1) is 0 Å². The molecule has 1 saturated heterocycles. The predicted molar refractivity (Wildman–Crippen MR) is 184 cm³/mol. The summed E-state index contributed by atoms with van der Waals surface area (Å²) in [5.74, 6) is 0. The topological polar surface area (TPSA) is 94.9 Å². The Morgan fingerprint density at radius 2 is 1.04 bits per heavy atom. The molecule has 0 amide bonds. The molecule has 1 aliphatic heterocycles. The minimum Gasteiger partial charge on any atom is -0.370 e. The van der Waals surface area contributed by atoms with Gasteiger partial charge in [-0.15, -0.1) is 0 Å². The predicted octanol–water partition coefficient (Wildman–Crippen LogP) is 8.22. The maximum atomic E-state index is 9.85. The summed E-state index contributed by atoms with van der Waals surface area (Å²) >= 11 is 0. The molecule has 5 unspecified atom stereocenters. The second kappa shape index (κ2) is 16.4. The highest BCUT2D eigenvalue weighted by Gasteiger charge is 2.49. The van der Waals surface area contributed by atoms with Crippen molar-refractivity contribution >= 4 is 0 Å². The molecule has 5 aromatic rings. The second-order valence-electron chi connectivity index (χ2n) is 11.6. The van der Waals surface area contributed by atoms with E-state index in [-0.39, 0.29) is 13.2 Å². The molecule has 1 aliphatic rings. The molecule has 1 fully saturated rings. The van der Waals surface area contributed by atoms with E-state index < -0.39 is 36.2 Å². The van der Waals surface area contributed by atoms with Crippen molar-refractivity contribution in [2.45, 2.75) is 49.5 Å². The van der Waals surface area contributed by atoms with Crippen LogP contribution in [0.5, 0.6) is 0 Å². The van der Waals surface area contributed by atoms with Crippen molar-refractivity contribution in [3.63, 3.8) is 0 Å². The van der Waals surface area contributed by atoms with Crippen LogP contribution in [0.15, 0.2) is 157 Å². The van der Waals surface area contributed by atoms with Crippen LogP contribution < -0.4 is 0 Å². The first-order chi connectivity index (χ1) is 23.7. The SMILES string of the molecule is COC1OC(COC(c2ccccc2)(c2ccccc2)c2ccccc2)C(N=[N+]=[N-])C(OCc2ccccc2)C1OCc1ccccc1. The number of hydrogen-bond acceptors (Lipinski definition) is 6. The first-order valence-corrected chi connectivity index (χ1v) is 16.1. The van der Waals surface area contributed by atoms with Crippen LogP contribution in [0.3, 0.4) is 0 Å². The average Bonchev–Trinajstić information content (AvgIpc) is 3.16. The third-order valence-electron chi connectivity index (χ3n) is 8.61. The lowest BCUT2D eigenvalue weighted by molar-refractivity contribution is -0.293. The molecular weight excluding hydrogens is 602 g/mol. The van der Waals surface area contributed by atoms with E-state index in [0.717, 1.165) is 27.8 Å². The van der Waals surface area contributed by atoms with E-state index in [4.69, 9.17) is 23.7 Å². The Kier molecular flexibility index (Phi) is 11.3. The van der Waals surface area contributed by atoms with Crippen molar-refractivity contribution in [2.24, 2.45) is 5.11 Å². The molecule has 244 valence electrons. The van der Waals surface area contributed by atoms with Gasteiger partial charge in [-0.3, -0.25) is 0 Å². The molecule has 1 heterocycles. The number of azide groups is 1. The van der Waals surface area contributed by atoms with Gasteiger partial charge in [0.25, 0.3) is 0 Å². The van der Waals surface area contributed by atoms with Crippen LogP contribution in [0.25, 0.3) is 10.4 Å². The zero-order chi connectivity index (χ0) is 33.0. The highest BCUT2D eigenvalue weighted by atomic mass is 16.7. The molecule has 0 radical (unpaired) electrons. The first-order valence-electron chi connectivity index (χ1n) is 16.1. The van der Waals surface area contributed by atoms with Gasteiger partial charge in [0.15, 0.2) is 6.29 Å². The second-order valence-corrected chi connectivity index (χ2v) is 11.6. The number of rotatable bonds is 14. The lowest BCUT2D eigenvalue weighted by Gasteiger charge is -2.45. The summed E-state index contributed by atoms with van der Waals surface area (Å²) in [7, 11) is 1.58. The zero-order valence-electron chi connectivity index (χ0n) is 26.8. The molecule has 0 spiro atoms. The Morgan fingerprint density at radius 3 is 1.46 bits per heavy atom. The maximum absolute atomic E-state index is 9.85. The maximum Gasteiger partial charge on any atom is 0.186 e. The normalized spacial score (nSPS) is 20.9. The Hall–Kier alpha value is -4.79. The van der Waals surface area contributed by atoms with Crippen molar-refractivity contribution in [2.75, 3.05) is 13.7 Å². The molecule has 8 heteroatoms. The molecule has 0 aromatic heterocycles. The molecule has 0 aliphatic carbocycles. The summed E-state index contributed by atoms with van der Waals surface area (Å²) in [6, 6.07) is 49.2. The van der Waals surface area contributed by atoms with Gasteiger partial charge in [0.05, 0.1) is 32.0 Å². The van der Waals surface area contributed by atoms with Crippen LogP contribution >= 0.6 is 0 Å². The van der Waals surface area contributed by atoms with Crippen molar-refractivity contribution in [3.05, 3.63) is 190 Å². The fourth-order valence-corrected chi connectivity index (χ4v) is 6.29. The van der Waals surface area contributed by atoms with Gasteiger partial charge in [-0.05, 0) is 33.3 Å². The highest BCUT2D eigenvalue weighted by molar-refractivity contribution is 5.47. The van der Waals surface area contributed by atoms with Crippen LogP contribution in [-0.2, 0) is 42.5 Å². The van der Waals surface area contributed by atoms with E-state index >= 15 is 0 Å². The monoisotopic (exact) mass is 641 g/mol. The van der Waals surface area contributed by atoms with E-state index in [1.807, 2.05) is 115 Å². The highest BCUT2D eigenvalue weighted by Crippen LogP contribution is 2.41. The minimum absolute atomic E-state index is 0.0544. The number of hydrogen-bond donors (Lipinski definition) is 0. The van der Waals surface area contributed by atoms with E-state index in [1.54, 1.807) is 7.11 Å². The Balaban J connectivity index is 1.37. The quantitative estimate of drug-likeness (QED) is 0.0527. The fourth-order valence-electron chi connectivity index (χ4n) is 6.29. The van der Waals surface area contributed by atoms with Crippen LogP contribution in [-0.4, -0.2) is 44.4 Å². The number of benzene rings is 5. The molecule has 5 atom stereocenters. The van der Waals surface area contributed by atoms with Gasteiger partial charge in [-0.1, -0.05) is 157 Å². The van der Waals surface area contributed by atoms with E-state index in [2.05, 4.69) is 46.4 Å². The van der Waals surface area contributed by atoms with Crippen molar-refractivity contribution < 1.29 is 23.7 Å². The van der Waals surface area contributed by atoms with Gasteiger partial charge in [0.2, 0.25) is 0 Å². The number of nitrogens with zero attached hydrogens (tertiary/aromatic N) is 3. The fraction of sp³-hybridized carbons (Fsp3) is 0.250. The zero-order valence-corrected chi connectivity index (χ0v) is 26.8. The summed E-state index contributed by atoms with van der Waals surface area (Å²) in [4.78, 5) is 3.25. The standard InChI is InChI=1S/C40H39N3O5/c1-44-39-38(46-28-31-19-9-3-10-20-31)37(45-27-30-17-7-2-8-18-30)36(42-43-41)35(48-39)29-47-40(32-21-11-4-12-22-32,33-23-13-5-14-24-33)34-25-15-6-16-26-34/h2-26,35-39H,27-29H2,1H3. The third-order valence-corrected chi connectivity index (χ3v) is 8.61. The summed E-state index contributed by atoms with van der Waals surface area (Å²) in [5, 5.41) is 4.27. The molecule has 0 bridgehead atoms. The van der Waals surface area contributed by atoms with Gasteiger partial charge < -0.3 is 23.7 Å². The van der Waals surface area contributed by atoms with E-state index in [0.29, 0.717) is 6.61 Å². The van der Waals surface area contributed by atoms with Gasteiger partial charge in [-0.25, -0.2) is 0 Å². The molecule has 6 rings (SSSR count). The third kappa shape index (κ3) is 7.51. The van der Waals surface area contributed by atoms with Gasteiger partial charge in [0.1, 0.15) is 17.8 Å². The Bertz CT molecular complexity index is 1630. The van der Waals surface area contributed by atoms with Gasteiger partial charge in [-0.2, -0.15) is 0 Å². The minimum atomic E-state index is -1.00. The van der Waals surface area contributed by atoms with Crippen molar-refractivity contribution in [1.82, 2.24) is 0 Å². The average molecular weight is 642 g/mol. The summed E-state index contributed by atoms with van der Waals surface area (Å²) < 4.78 is 32.6. The molecule has 0 N–H and O–H groups in total. The van der Waals surface area contributed by atoms with E-state index in [1.165, 1.54) is 0 Å². The molecule has 8 nitrogen and oxygen atoms in total. The smallest absolute Gasteiger partial charge is 0.186 e. The van der Waals surface area contributed by atoms with Gasteiger partial charge in [0, 0.05) is 12.0 Å². The molecule has 5 aromatic carbocycles. The van der Waals surface area contributed by atoms with Crippen LogP contribution in [0.1, 0.15) is 27.8 Å². The Labute approximate surface area is 281 Å². The van der Waals surface area contributed by atoms with Crippen molar-refractivity contribution in [1.29, 1.82) is 0 Å². The lowest BCUT2D eigenvalue weighted by Crippen LogP contribution is -2.60. The first kappa shape index (κ1) is 33.1. The molecular formula is C40H39N3O5. The van der Waals surface area contributed by atoms with Crippen LogP contribution in [0.4, 0.5) is 0 Å². The molecule has 48 heavy (non-hydrogen) atoms. The number of methoxy groups -OCH3 is 1.